The fourth-order valence-electron chi connectivity index (χ4n) is 4.30. The average Bonchev–Trinajstić information content (AvgIpc) is 3.18. The third-order valence-electron chi connectivity index (χ3n) is 5.70. The number of carbonyl (C=O) groups is 1. The van der Waals surface area contributed by atoms with E-state index in [4.69, 9.17) is 0 Å². The molecule has 0 spiro atoms. The Kier molecular flexibility index (Phi) is 4.32. The van der Waals surface area contributed by atoms with E-state index in [9.17, 15) is 4.79 Å². The van der Waals surface area contributed by atoms with Crippen molar-refractivity contribution >= 4 is 5.91 Å². The minimum atomic E-state index is -0.241. The number of amides is 1. The van der Waals surface area contributed by atoms with Crippen LogP contribution in [0.2, 0.25) is 0 Å². The quantitative estimate of drug-likeness (QED) is 0.852. The van der Waals surface area contributed by atoms with Crippen LogP contribution in [0.5, 0.6) is 0 Å². The number of hydrogen-bond donors (Lipinski definition) is 1. The summed E-state index contributed by atoms with van der Waals surface area (Å²) in [7, 11) is 0. The molecular weight excluding hydrogens is 250 g/mol. The summed E-state index contributed by atoms with van der Waals surface area (Å²) in [5, 5.41) is 3.48. The molecule has 1 amide bonds. The molecule has 3 fully saturated rings. The molecule has 2 aliphatic heterocycles. The Hall–Kier alpha value is -0.610. The predicted octanol–water partition coefficient (Wildman–Crippen LogP) is 1.61. The molecule has 1 atom stereocenters. The van der Waals surface area contributed by atoms with E-state index in [1.165, 1.54) is 25.7 Å². The van der Waals surface area contributed by atoms with Gasteiger partial charge in [0.25, 0.3) is 0 Å². The van der Waals surface area contributed by atoms with E-state index in [0.717, 1.165) is 58.0 Å². The average molecular weight is 279 g/mol. The second-order valence-corrected chi connectivity index (χ2v) is 6.73. The number of piperazine rings is 1. The summed E-state index contributed by atoms with van der Waals surface area (Å²) >= 11 is 0. The fraction of sp³-hybridized carbons (Fsp3) is 0.938. The second kappa shape index (κ2) is 6.02. The van der Waals surface area contributed by atoms with Crippen LogP contribution in [0.1, 0.15) is 51.9 Å². The molecule has 4 nitrogen and oxygen atoms in total. The van der Waals surface area contributed by atoms with Crippen LogP contribution in [0.3, 0.4) is 0 Å². The van der Waals surface area contributed by atoms with Gasteiger partial charge in [-0.05, 0) is 38.6 Å². The zero-order valence-corrected chi connectivity index (χ0v) is 12.9. The second-order valence-electron chi connectivity index (χ2n) is 6.73. The number of nitrogens with one attached hydrogen (secondary N) is 1. The van der Waals surface area contributed by atoms with E-state index in [-0.39, 0.29) is 5.54 Å². The highest BCUT2D eigenvalue weighted by Gasteiger charge is 2.42. The Morgan fingerprint density at radius 2 is 1.85 bits per heavy atom. The van der Waals surface area contributed by atoms with Gasteiger partial charge in [-0.3, -0.25) is 9.69 Å². The van der Waals surface area contributed by atoms with Crippen molar-refractivity contribution in [1.82, 2.24) is 15.1 Å². The van der Waals surface area contributed by atoms with Gasteiger partial charge >= 0.3 is 0 Å². The molecule has 1 saturated carbocycles. The van der Waals surface area contributed by atoms with Gasteiger partial charge < -0.3 is 10.2 Å². The summed E-state index contributed by atoms with van der Waals surface area (Å²) in [6.07, 6.45) is 8.61. The number of nitrogens with zero attached hydrogens (tertiary/aromatic N) is 2. The Morgan fingerprint density at radius 3 is 2.40 bits per heavy atom. The molecule has 0 bridgehead atoms. The van der Waals surface area contributed by atoms with E-state index < -0.39 is 0 Å². The minimum Gasteiger partial charge on any atom is -0.339 e. The fourth-order valence-corrected chi connectivity index (χ4v) is 4.30. The van der Waals surface area contributed by atoms with Crippen LogP contribution in [-0.4, -0.2) is 60.0 Å². The molecule has 114 valence electrons. The summed E-state index contributed by atoms with van der Waals surface area (Å²) in [5.74, 6) is 0.364. The number of rotatable bonds is 3. The van der Waals surface area contributed by atoms with Gasteiger partial charge in [0.1, 0.15) is 0 Å². The molecule has 0 radical (unpaired) electrons. The van der Waals surface area contributed by atoms with Crippen LogP contribution in [0.15, 0.2) is 0 Å². The molecule has 20 heavy (non-hydrogen) atoms. The zero-order valence-electron chi connectivity index (χ0n) is 12.9. The third kappa shape index (κ3) is 2.60. The van der Waals surface area contributed by atoms with Crippen molar-refractivity contribution in [2.75, 3.05) is 32.7 Å². The summed E-state index contributed by atoms with van der Waals surface area (Å²) in [5.41, 5.74) is -0.241. The molecule has 2 saturated heterocycles. The van der Waals surface area contributed by atoms with Crippen LogP contribution in [0.4, 0.5) is 0 Å². The Labute approximate surface area is 122 Å². The molecule has 3 rings (SSSR count). The van der Waals surface area contributed by atoms with Gasteiger partial charge in [-0.2, -0.15) is 0 Å². The maximum atomic E-state index is 12.8. The monoisotopic (exact) mass is 279 g/mol. The Bertz CT molecular complexity index is 338. The lowest BCUT2D eigenvalue weighted by molar-refractivity contribution is -0.140. The lowest BCUT2D eigenvalue weighted by Crippen LogP contribution is -2.59. The van der Waals surface area contributed by atoms with E-state index in [1.807, 2.05) is 0 Å². The standard InChI is InChI=1S/C16H29N3O/c1-2-16(8-5-9-17-16)15(20)19-12-10-18(11-13-19)14-6-3-4-7-14/h14,17H,2-13H2,1H3. The third-order valence-corrected chi connectivity index (χ3v) is 5.70. The normalized spacial score (nSPS) is 33.0. The summed E-state index contributed by atoms with van der Waals surface area (Å²) in [6, 6.07) is 0.803. The number of carbonyl (C=O) groups excluding carboxylic acids is 1. The van der Waals surface area contributed by atoms with Gasteiger partial charge in [-0.1, -0.05) is 19.8 Å². The number of hydrogen-bond acceptors (Lipinski definition) is 3. The molecular formula is C16H29N3O. The largest absolute Gasteiger partial charge is 0.339 e. The van der Waals surface area contributed by atoms with Crippen LogP contribution in [-0.2, 0) is 4.79 Å². The van der Waals surface area contributed by atoms with Crippen molar-refractivity contribution in [2.45, 2.75) is 63.5 Å². The maximum absolute atomic E-state index is 12.8. The first-order valence-electron chi connectivity index (χ1n) is 8.54. The Balaban J connectivity index is 1.56. The highest BCUT2D eigenvalue weighted by Crippen LogP contribution is 2.28. The van der Waals surface area contributed by atoms with Gasteiger partial charge in [0.15, 0.2) is 0 Å². The van der Waals surface area contributed by atoms with Crippen molar-refractivity contribution < 1.29 is 4.79 Å². The Morgan fingerprint density at radius 1 is 1.15 bits per heavy atom. The first kappa shape index (κ1) is 14.3. The van der Waals surface area contributed by atoms with E-state index in [2.05, 4.69) is 22.0 Å². The van der Waals surface area contributed by atoms with E-state index in [1.54, 1.807) is 0 Å². The molecule has 0 aromatic rings. The van der Waals surface area contributed by atoms with Crippen LogP contribution in [0.25, 0.3) is 0 Å². The molecule has 4 heteroatoms. The topological polar surface area (TPSA) is 35.6 Å². The van der Waals surface area contributed by atoms with Gasteiger partial charge in [0.05, 0.1) is 5.54 Å². The van der Waals surface area contributed by atoms with Crippen LogP contribution >= 0.6 is 0 Å². The van der Waals surface area contributed by atoms with Gasteiger partial charge in [-0.25, -0.2) is 0 Å². The molecule has 2 heterocycles. The van der Waals surface area contributed by atoms with Crippen molar-refractivity contribution in [2.24, 2.45) is 0 Å². The van der Waals surface area contributed by atoms with Crippen molar-refractivity contribution in [3.8, 4) is 0 Å². The maximum Gasteiger partial charge on any atom is 0.242 e. The van der Waals surface area contributed by atoms with Gasteiger partial charge in [0.2, 0.25) is 5.91 Å². The van der Waals surface area contributed by atoms with Crippen LogP contribution in [0, 0.1) is 0 Å². The molecule has 1 unspecified atom stereocenters. The van der Waals surface area contributed by atoms with Gasteiger partial charge in [-0.15, -0.1) is 0 Å². The SMILES string of the molecule is CCC1(C(=O)N2CCN(C3CCCC3)CC2)CCCN1. The summed E-state index contributed by atoms with van der Waals surface area (Å²) in [4.78, 5) is 17.6. The minimum absolute atomic E-state index is 0.241. The molecule has 1 aliphatic carbocycles. The smallest absolute Gasteiger partial charge is 0.242 e. The molecule has 3 aliphatic rings. The van der Waals surface area contributed by atoms with Crippen molar-refractivity contribution in [3.05, 3.63) is 0 Å². The summed E-state index contributed by atoms with van der Waals surface area (Å²) in [6.45, 7) is 7.16. The summed E-state index contributed by atoms with van der Waals surface area (Å²) < 4.78 is 0. The predicted molar refractivity (Wildman–Crippen MR) is 80.7 cm³/mol. The zero-order chi connectivity index (χ0) is 14.0. The van der Waals surface area contributed by atoms with Crippen molar-refractivity contribution in [1.29, 1.82) is 0 Å². The first-order chi connectivity index (χ1) is 9.75. The molecule has 0 aromatic heterocycles. The molecule has 0 aromatic carbocycles. The van der Waals surface area contributed by atoms with E-state index >= 15 is 0 Å². The van der Waals surface area contributed by atoms with Crippen LogP contribution < -0.4 is 5.32 Å². The first-order valence-corrected chi connectivity index (χ1v) is 8.54. The van der Waals surface area contributed by atoms with E-state index in [0.29, 0.717) is 5.91 Å². The van der Waals surface area contributed by atoms with Gasteiger partial charge in [0, 0.05) is 32.2 Å². The van der Waals surface area contributed by atoms with Crippen molar-refractivity contribution in [3.63, 3.8) is 0 Å². The highest BCUT2D eigenvalue weighted by atomic mass is 16.2. The highest BCUT2D eigenvalue weighted by molar-refractivity contribution is 5.86. The molecule has 1 N–H and O–H groups in total. The lowest BCUT2D eigenvalue weighted by atomic mass is 9.92. The lowest BCUT2D eigenvalue weighted by Gasteiger charge is -2.41.